The van der Waals surface area contributed by atoms with Crippen LogP contribution in [0.15, 0.2) is 12.4 Å². The summed E-state index contributed by atoms with van der Waals surface area (Å²) in [5.74, 6) is 0. The summed E-state index contributed by atoms with van der Waals surface area (Å²) >= 11 is 0. The number of aliphatic hydroxyl groups is 1. The van der Waals surface area contributed by atoms with Gasteiger partial charge in [0.15, 0.2) is 0 Å². The molecule has 0 spiro atoms. The minimum absolute atomic E-state index is 0.153. The van der Waals surface area contributed by atoms with Crippen molar-refractivity contribution in [2.24, 2.45) is 7.05 Å². The van der Waals surface area contributed by atoms with Crippen molar-refractivity contribution in [1.29, 1.82) is 0 Å². The highest BCUT2D eigenvalue weighted by Gasteiger charge is 2.33. The maximum absolute atomic E-state index is 10.4. The Labute approximate surface area is 89.9 Å². The molecule has 4 heteroatoms. The summed E-state index contributed by atoms with van der Waals surface area (Å²) in [5.41, 5.74) is 0.481. The van der Waals surface area contributed by atoms with Gasteiger partial charge in [0.2, 0.25) is 0 Å². The molecule has 2 rings (SSSR count). The Bertz CT molecular complexity index is 337. The maximum atomic E-state index is 10.4. The Hall–Kier alpha value is -0.870. The lowest BCUT2D eigenvalue weighted by Gasteiger charge is -2.35. The smallest absolute Gasteiger partial charge is 0.0735 e. The number of hydrogen-bond acceptors (Lipinski definition) is 3. The van der Waals surface area contributed by atoms with Crippen molar-refractivity contribution in [3.05, 3.63) is 18.0 Å². The largest absolute Gasteiger partial charge is 0.389 e. The van der Waals surface area contributed by atoms with Crippen LogP contribution in [-0.4, -0.2) is 33.2 Å². The van der Waals surface area contributed by atoms with Crippen molar-refractivity contribution < 1.29 is 9.84 Å². The van der Waals surface area contributed by atoms with E-state index in [9.17, 15) is 5.11 Å². The molecule has 4 nitrogen and oxygen atoms in total. The third-order valence-electron chi connectivity index (χ3n) is 2.93. The number of ether oxygens (including phenoxy) is 1. The average Bonchev–Trinajstić information content (AvgIpc) is 2.49. The molecule has 1 aliphatic rings. The van der Waals surface area contributed by atoms with Gasteiger partial charge in [-0.2, -0.15) is 5.10 Å². The van der Waals surface area contributed by atoms with E-state index in [1.165, 1.54) is 0 Å². The number of rotatable bonds is 2. The zero-order valence-electron chi connectivity index (χ0n) is 9.31. The summed E-state index contributed by atoms with van der Waals surface area (Å²) in [7, 11) is 1.89. The molecular weight excluding hydrogens is 192 g/mol. The minimum atomic E-state index is -0.610. The topological polar surface area (TPSA) is 47.3 Å². The molecule has 1 aromatic rings. The van der Waals surface area contributed by atoms with Crippen molar-refractivity contribution in [2.45, 2.75) is 37.9 Å². The van der Waals surface area contributed by atoms with E-state index in [4.69, 9.17) is 4.74 Å². The van der Waals surface area contributed by atoms with Crippen molar-refractivity contribution in [3.63, 3.8) is 0 Å². The summed E-state index contributed by atoms with van der Waals surface area (Å²) in [6.07, 6.45) is 6.03. The minimum Gasteiger partial charge on any atom is -0.389 e. The van der Waals surface area contributed by atoms with Crippen molar-refractivity contribution in [3.8, 4) is 0 Å². The fourth-order valence-corrected chi connectivity index (χ4v) is 2.25. The SMILES string of the molecule is CC1CC(O)(Cc2cnn(C)c2)CCO1. The average molecular weight is 210 g/mol. The van der Waals surface area contributed by atoms with Crippen LogP contribution >= 0.6 is 0 Å². The van der Waals surface area contributed by atoms with Crippen LogP contribution in [0, 0.1) is 0 Å². The van der Waals surface area contributed by atoms with Gasteiger partial charge in [-0.25, -0.2) is 0 Å². The van der Waals surface area contributed by atoms with Gasteiger partial charge in [0.05, 0.1) is 17.9 Å². The van der Waals surface area contributed by atoms with E-state index in [0.29, 0.717) is 25.9 Å². The van der Waals surface area contributed by atoms with Gasteiger partial charge in [0.1, 0.15) is 0 Å². The van der Waals surface area contributed by atoms with Gasteiger partial charge in [-0.15, -0.1) is 0 Å². The van der Waals surface area contributed by atoms with E-state index in [0.717, 1.165) is 5.56 Å². The molecule has 0 aliphatic carbocycles. The molecule has 84 valence electrons. The lowest BCUT2D eigenvalue weighted by Crippen LogP contribution is -2.41. The third-order valence-corrected chi connectivity index (χ3v) is 2.93. The molecule has 15 heavy (non-hydrogen) atoms. The Morgan fingerprint density at radius 1 is 1.73 bits per heavy atom. The van der Waals surface area contributed by atoms with Gasteiger partial charge in [-0.1, -0.05) is 0 Å². The van der Waals surface area contributed by atoms with E-state index in [-0.39, 0.29) is 6.10 Å². The Balaban J connectivity index is 2.03. The molecule has 1 aromatic heterocycles. The Morgan fingerprint density at radius 3 is 3.13 bits per heavy atom. The highest BCUT2D eigenvalue weighted by Crippen LogP contribution is 2.28. The van der Waals surface area contributed by atoms with Gasteiger partial charge in [0, 0.05) is 32.7 Å². The van der Waals surface area contributed by atoms with E-state index in [2.05, 4.69) is 5.10 Å². The lowest BCUT2D eigenvalue weighted by molar-refractivity contribution is -0.0961. The maximum Gasteiger partial charge on any atom is 0.0735 e. The molecule has 2 heterocycles. The number of hydrogen-bond donors (Lipinski definition) is 1. The quantitative estimate of drug-likeness (QED) is 0.788. The standard InChI is InChI=1S/C11H18N2O2/c1-9-5-11(14,3-4-15-9)6-10-7-12-13(2)8-10/h7-9,14H,3-6H2,1-2H3. The molecule has 0 saturated carbocycles. The van der Waals surface area contributed by atoms with E-state index < -0.39 is 5.60 Å². The van der Waals surface area contributed by atoms with Crippen LogP contribution in [0.25, 0.3) is 0 Å². The van der Waals surface area contributed by atoms with Gasteiger partial charge < -0.3 is 9.84 Å². The van der Waals surface area contributed by atoms with Crippen LogP contribution in [0.3, 0.4) is 0 Å². The van der Waals surface area contributed by atoms with Crippen LogP contribution < -0.4 is 0 Å². The van der Waals surface area contributed by atoms with Crippen molar-refractivity contribution >= 4 is 0 Å². The predicted molar refractivity (Wildman–Crippen MR) is 56.5 cm³/mol. The van der Waals surface area contributed by atoms with Crippen LogP contribution in [0.2, 0.25) is 0 Å². The summed E-state index contributed by atoms with van der Waals surface area (Å²) in [6, 6.07) is 0. The summed E-state index contributed by atoms with van der Waals surface area (Å²) in [6.45, 7) is 2.66. The van der Waals surface area contributed by atoms with Crippen LogP contribution in [-0.2, 0) is 18.2 Å². The van der Waals surface area contributed by atoms with E-state index in [1.54, 1.807) is 4.68 Å². The van der Waals surface area contributed by atoms with Crippen LogP contribution in [0.5, 0.6) is 0 Å². The summed E-state index contributed by atoms with van der Waals surface area (Å²) in [5, 5.41) is 14.5. The fourth-order valence-electron chi connectivity index (χ4n) is 2.25. The molecule has 2 unspecified atom stereocenters. The first-order chi connectivity index (χ1) is 7.07. The third kappa shape index (κ3) is 2.58. The van der Waals surface area contributed by atoms with Gasteiger partial charge in [-0.05, 0) is 18.9 Å². The van der Waals surface area contributed by atoms with Crippen LogP contribution in [0.4, 0.5) is 0 Å². The van der Waals surface area contributed by atoms with Crippen molar-refractivity contribution in [1.82, 2.24) is 9.78 Å². The van der Waals surface area contributed by atoms with E-state index >= 15 is 0 Å². The molecule has 0 bridgehead atoms. The van der Waals surface area contributed by atoms with Crippen molar-refractivity contribution in [2.75, 3.05) is 6.61 Å². The monoisotopic (exact) mass is 210 g/mol. The molecule has 1 N–H and O–H groups in total. The zero-order chi connectivity index (χ0) is 10.9. The zero-order valence-corrected chi connectivity index (χ0v) is 9.31. The number of nitrogens with zero attached hydrogens (tertiary/aromatic N) is 2. The second kappa shape index (κ2) is 3.94. The number of aromatic nitrogens is 2. The predicted octanol–water partition coefficient (Wildman–Crippen LogP) is 0.893. The first-order valence-corrected chi connectivity index (χ1v) is 5.39. The highest BCUT2D eigenvalue weighted by molar-refractivity contribution is 5.09. The molecule has 1 aliphatic heterocycles. The molecular formula is C11H18N2O2. The normalized spacial score (nSPS) is 31.8. The summed E-state index contributed by atoms with van der Waals surface area (Å²) < 4.78 is 7.20. The Morgan fingerprint density at radius 2 is 2.53 bits per heavy atom. The first kappa shape index (κ1) is 10.6. The molecule has 0 aromatic carbocycles. The lowest BCUT2D eigenvalue weighted by atomic mass is 9.86. The molecule has 1 fully saturated rings. The van der Waals surface area contributed by atoms with Gasteiger partial charge in [0.25, 0.3) is 0 Å². The van der Waals surface area contributed by atoms with Gasteiger partial charge >= 0.3 is 0 Å². The fraction of sp³-hybridized carbons (Fsp3) is 0.727. The number of aryl methyl sites for hydroxylation is 1. The second-order valence-electron chi connectivity index (χ2n) is 4.56. The molecule has 2 atom stereocenters. The molecule has 0 radical (unpaired) electrons. The Kier molecular flexibility index (Phi) is 2.80. The van der Waals surface area contributed by atoms with E-state index in [1.807, 2.05) is 26.4 Å². The second-order valence-corrected chi connectivity index (χ2v) is 4.56. The first-order valence-electron chi connectivity index (χ1n) is 5.39. The molecule has 0 amide bonds. The van der Waals surface area contributed by atoms with Crippen LogP contribution in [0.1, 0.15) is 25.3 Å². The molecule has 1 saturated heterocycles. The summed E-state index contributed by atoms with van der Waals surface area (Å²) in [4.78, 5) is 0. The highest BCUT2D eigenvalue weighted by atomic mass is 16.5. The van der Waals surface area contributed by atoms with Gasteiger partial charge in [-0.3, -0.25) is 4.68 Å².